The van der Waals surface area contributed by atoms with Crippen molar-refractivity contribution in [2.45, 2.75) is 39.7 Å². The molecule has 2 amide bonds. The van der Waals surface area contributed by atoms with E-state index in [2.05, 4.69) is 10.2 Å². The second-order valence-electron chi connectivity index (χ2n) is 8.18. The first kappa shape index (κ1) is 22.6. The van der Waals surface area contributed by atoms with Crippen molar-refractivity contribution in [2.75, 3.05) is 39.3 Å². The molecule has 9 heteroatoms. The monoisotopic (exact) mass is 406 g/mol. The third-order valence-electron chi connectivity index (χ3n) is 4.62. The number of ether oxygens (including phenoxy) is 1. The summed E-state index contributed by atoms with van der Waals surface area (Å²) in [6, 6.07) is 4.36. The van der Waals surface area contributed by atoms with E-state index in [1.807, 2.05) is 20.8 Å². The Bertz CT molecular complexity index is 752. The van der Waals surface area contributed by atoms with Crippen LogP contribution in [0.15, 0.2) is 18.2 Å². The molecule has 1 saturated heterocycles. The lowest BCUT2D eigenvalue weighted by molar-refractivity contribution is -0.385. The van der Waals surface area contributed by atoms with E-state index in [0.717, 1.165) is 26.1 Å². The highest BCUT2D eigenvalue weighted by molar-refractivity contribution is 5.94. The molecule has 1 fully saturated rings. The van der Waals surface area contributed by atoms with Gasteiger partial charge in [0.1, 0.15) is 5.60 Å². The number of hydrogen-bond acceptors (Lipinski definition) is 6. The molecule has 0 radical (unpaired) electrons. The van der Waals surface area contributed by atoms with Gasteiger partial charge in [0, 0.05) is 49.9 Å². The van der Waals surface area contributed by atoms with Crippen molar-refractivity contribution in [2.24, 2.45) is 0 Å². The molecule has 2 rings (SSSR count). The third kappa shape index (κ3) is 7.01. The number of hydrogen-bond donors (Lipinski definition) is 1. The van der Waals surface area contributed by atoms with E-state index < -0.39 is 10.5 Å². The van der Waals surface area contributed by atoms with Crippen molar-refractivity contribution in [3.8, 4) is 0 Å². The second-order valence-corrected chi connectivity index (χ2v) is 8.18. The van der Waals surface area contributed by atoms with E-state index in [4.69, 9.17) is 4.74 Å². The number of rotatable bonds is 6. The number of amides is 2. The summed E-state index contributed by atoms with van der Waals surface area (Å²) in [5, 5.41) is 13.7. The molecule has 1 aromatic carbocycles. The number of nitrogens with one attached hydrogen (secondary N) is 1. The average Bonchev–Trinajstić information content (AvgIpc) is 2.63. The van der Waals surface area contributed by atoms with Crippen LogP contribution in [0, 0.1) is 17.0 Å². The summed E-state index contributed by atoms with van der Waals surface area (Å²) >= 11 is 0. The van der Waals surface area contributed by atoms with Crippen molar-refractivity contribution in [3.05, 3.63) is 39.4 Å². The molecular formula is C20H30N4O5. The molecule has 1 heterocycles. The van der Waals surface area contributed by atoms with Gasteiger partial charge in [0.25, 0.3) is 11.6 Å². The molecule has 0 bridgehead atoms. The van der Waals surface area contributed by atoms with Crippen LogP contribution in [-0.4, -0.2) is 71.6 Å². The Morgan fingerprint density at radius 1 is 1.21 bits per heavy atom. The Labute approximate surface area is 171 Å². The van der Waals surface area contributed by atoms with Crippen LogP contribution in [0.4, 0.5) is 10.5 Å². The lowest BCUT2D eigenvalue weighted by Gasteiger charge is -2.35. The number of nitro groups is 1. The SMILES string of the molecule is Cc1cc(C(=O)NCCCN2CCN(C(=O)OC(C)(C)C)CC2)ccc1[N+](=O)[O-]. The first-order valence-electron chi connectivity index (χ1n) is 9.80. The quantitative estimate of drug-likeness (QED) is 0.442. The highest BCUT2D eigenvalue weighted by atomic mass is 16.6. The second kappa shape index (κ2) is 9.69. The molecule has 9 nitrogen and oxygen atoms in total. The van der Waals surface area contributed by atoms with Gasteiger partial charge >= 0.3 is 6.09 Å². The summed E-state index contributed by atoms with van der Waals surface area (Å²) in [7, 11) is 0. The summed E-state index contributed by atoms with van der Waals surface area (Å²) in [6.45, 7) is 11.3. The number of aryl methyl sites for hydroxylation is 1. The van der Waals surface area contributed by atoms with E-state index in [-0.39, 0.29) is 17.7 Å². The maximum absolute atomic E-state index is 12.2. The van der Waals surface area contributed by atoms with Crippen molar-refractivity contribution >= 4 is 17.7 Å². The average molecular weight is 406 g/mol. The van der Waals surface area contributed by atoms with Crippen LogP contribution >= 0.6 is 0 Å². The minimum Gasteiger partial charge on any atom is -0.444 e. The van der Waals surface area contributed by atoms with Gasteiger partial charge in [-0.2, -0.15) is 0 Å². The summed E-state index contributed by atoms with van der Waals surface area (Å²) in [5.74, 6) is -0.238. The maximum atomic E-state index is 12.2. The number of benzene rings is 1. The Hall–Kier alpha value is -2.68. The first-order chi connectivity index (χ1) is 13.6. The summed E-state index contributed by atoms with van der Waals surface area (Å²) in [6.07, 6.45) is 0.507. The van der Waals surface area contributed by atoms with Crippen molar-refractivity contribution in [1.82, 2.24) is 15.1 Å². The highest BCUT2D eigenvalue weighted by Gasteiger charge is 2.25. The predicted molar refractivity (Wildman–Crippen MR) is 109 cm³/mol. The first-order valence-corrected chi connectivity index (χ1v) is 9.80. The molecule has 1 aliphatic rings. The van der Waals surface area contributed by atoms with E-state index in [1.54, 1.807) is 11.8 Å². The van der Waals surface area contributed by atoms with Crippen molar-refractivity contribution < 1.29 is 19.2 Å². The van der Waals surface area contributed by atoms with Crippen LogP contribution in [0.1, 0.15) is 43.1 Å². The zero-order chi connectivity index (χ0) is 21.6. The topological polar surface area (TPSA) is 105 Å². The van der Waals surface area contributed by atoms with E-state index in [9.17, 15) is 19.7 Å². The van der Waals surface area contributed by atoms with Gasteiger partial charge in [0.2, 0.25) is 0 Å². The van der Waals surface area contributed by atoms with Gasteiger partial charge in [0.15, 0.2) is 0 Å². The molecule has 1 aliphatic heterocycles. The number of nitrogens with zero attached hydrogens (tertiary/aromatic N) is 3. The molecule has 0 aromatic heterocycles. The molecule has 1 aromatic rings. The van der Waals surface area contributed by atoms with Crippen LogP contribution < -0.4 is 5.32 Å². The molecule has 0 aliphatic carbocycles. The van der Waals surface area contributed by atoms with E-state index >= 15 is 0 Å². The molecule has 0 saturated carbocycles. The van der Waals surface area contributed by atoms with Crippen LogP contribution in [0.3, 0.4) is 0 Å². The lowest BCUT2D eigenvalue weighted by Crippen LogP contribution is -2.50. The van der Waals surface area contributed by atoms with Gasteiger partial charge in [-0.3, -0.25) is 19.8 Å². The minimum atomic E-state index is -0.491. The Morgan fingerprint density at radius 2 is 1.86 bits per heavy atom. The van der Waals surface area contributed by atoms with Gasteiger partial charge < -0.3 is 15.0 Å². The maximum Gasteiger partial charge on any atom is 0.410 e. The van der Waals surface area contributed by atoms with Crippen molar-refractivity contribution in [3.63, 3.8) is 0 Å². The molecule has 0 spiro atoms. The van der Waals surface area contributed by atoms with Crippen LogP contribution in [0.5, 0.6) is 0 Å². The van der Waals surface area contributed by atoms with Crippen LogP contribution in [-0.2, 0) is 4.74 Å². The summed E-state index contributed by atoms with van der Waals surface area (Å²) in [5.41, 5.74) is 0.394. The zero-order valence-corrected chi connectivity index (χ0v) is 17.6. The summed E-state index contributed by atoms with van der Waals surface area (Å²) in [4.78, 5) is 38.7. The smallest absolute Gasteiger partial charge is 0.410 e. The van der Waals surface area contributed by atoms with Gasteiger partial charge in [-0.05, 0) is 52.8 Å². The Morgan fingerprint density at radius 3 is 2.41 bits per heavy atom. The zero-order valence-electron chi connectivity index (χ0n) is 17.6. The van der Waals surface area contributed by atoms with Crippen molar-refractivity contribution in [1.29, 1.82) is 0 Å². The third-order valence-corrected chi connectivity index (χ3v) is 4.62. The Balaban J connectivity index is 1.68. The number of piperazine rings is 1. The molecule has 1 N–H and O–H groups in total. The number of carbonyl (C=O) groups excluding carboxylic acids is 2. The molecule has 0 unspecified atom stereocenters. The highest BCUT2D eigenvalue weighted by Crippen LogP contribution is 2.18. The number of carbonyl (C=O) groups is 2. The van der Waals surface area contributed by atoms with Gasteiger partial charge in [-0.1, -0.05) is 0 Å². The minimum absolute atomic E-state index is 0.00655. The Kier molecular flexibility index (Phi) is 7.55. The van der Waals surface area contributed by atoms with E-state index in [0.29, 0.717) is 30.8 Å². The molecule has 0 atom stereocenters. The molecular weight excluding hydrogens is 376 g/mol. The summed E-state index contributed by atoms with van der Waals surface area (Å²) < 4.78 is 5.39. The standard InChI is InChI=1S/C20H30N4O5/c1-15-14-16(6-7-17(15)24(27)28)18(25)21-8-5-9-22-10-12-23(13-11-22)19(26)29-20(2,3)4/h6-7,14H,5,8-13H2,1-4H3,(H,21,25). The lowest BCUT2D eigenvalue weighted by atomic mass is 10.1. The van der Waals surface area contributed by atoms with Gasteiger partial charge in [0.05, 0.1) is 4.92 Å². The normalized spacial score (nSPS) is 15.1. The van der Waals surface area contributed by atoms with Gasteiger partial charge in [-0.15, -0.1) is 0 Å². The van der Waals surface area contributed by atoms with Crippen LogP contribution in [0.25, 0.3) is 0 Å². The van der Waals surface area contributed by atoms with Gasteiger partial charge in [-0.25, -0.2) is 4.79 Å². The largest absolute Gasteiger partial charge is 0.444 e. The van der Waals surface area contributed by atoms with Crippen LogP contribution in [0.2, 0.25) is 0 Å². The van der Waals surface area contributed by atoms with E-state index in [1.165, 1.54) is 18.2 Å². The number of nitro benzene ring substituents is 1. The fraction of sp³-hybridized carbons (Fsp3) is 0.600. The fourth-order valence-corrected chi connectivity index (χ4v) is 3.09. The fourth-order valence-electron chi connectivity index (χ4n) is 3.09. The molecule has 160 valence electrons. The predicted octanol–water partition coefficient (Wildman–Crippen LogP) is 2.58. The molecule has 29 heavy (non-hydrogen) atoms.